The van der Waals surface area contributed by atoms with Gasteiger partial charge in [0.2, 0.25) is 0 Å². The molecule has 0 aliphatic carbocycles. The summed E-state index contributed by atoms with van der Waals surface area (Å²) in [4.78, 5) is 0. The summed E-state index contributed by atoms with van der Waals surface area (Å²) in [5.74, 6) is 6.70. The first kappa shape index (κ1) is 11.8. The molecule has 0 spiro atoms. The Morgan fingerprint density at radius 2 is 1.93 bits per heavy atom. The predicted octanol–water partition coefficient (Wildman–Crippen LogP) is 2.76. The molecule has 1 N–H and O–H groups in total. The van der Waals surface area contributed by atoms with Crippen LogP contribution in [0.15, 0.2) is 24.3 Å². The lowest BCUT2D eigenvalue weighted by atomic mass is 10.1. The summed E-state index contributed by atoms with van der Waals surface area (Å²) in [7, 11) is 0. The Bertz CT molecular complexity index is 340. The zero-order chi connectivity index (χ0) is 11.1. The highest BCUT2D eigenvalue weighted by Crippen LogP contribution is 2.05. The van der Waals surface area contributed by atoms with E-state index in [0.29, 0.717) is 5.92 Å². The number of hydrogen-bond donors (Lipinski definition) is 1. The molecule has 1 atom stereocenters. The molecule has 0 bridgehead atoms. The van der Waals surface area contributed by atoms with E-state index in [-0.39, 0.29) is 6.61 Å². The molecule has 0 saturated heterocycles. The van der Waals surface area contributed by atoms with Gasteiger partial charge in [-0.3, -0.25) is 0 Å². The molecule has 0 amide bonds. The predicted molar refractivity (Wildman–Crippen MR) is 63.5 cm³/mol. The van der Waals surface area contributed by atoms with Crippen molar-refractivity contribution in [1.29, 1.82) is 0 Å². The van der Waals surface area contributed by atoms with Gasteiger partial charge < -0.3 is 5.11 Å². The van der Waals surface area contributed by atoms with Crippen molar-refractivity contribution in [1.82, 2.24) is 0 Å². The first-order valence-corrected chi connectivity index (χ1v) is 5.41. The Labute approximate surface area is 92.1 Å². The van der Waals surface area contributed by atoms with Crippen LogP contribution in [0.2, 0.25) is 0 Å². The van der Waals surface area contributed by atoms with E-state index in [9.17, 15) is 0 Å². The maximum atomic E-state index is 8.68. The van der Waals surface area contributed by atoms with Gasteiger partial charge in [-0.25, -0.2) is 0 Å². The average molecular weight is 202 g/mol. The molecular weight excluding hydrogens is 184 g/mol. The van der Waals surface area contributed by atoms with Crippen LogP contribution in [0.1, 0.15) is 30.9 Å². The van der Waals surface area contributed by atoms with Crippen molar-refractivity contribution in [3.05, 3.63) is 35.4 Å². The fourth-order valence-electron chi connectivity index (χ4n) is 1.31. The van der Waals surface area contributed by atoms with Crippen molar-refractivity contribution in [3.8, 4) is 11.8 Å². The molecule has 0 radical (unpaired) electrons. The quantitative estimate of drug-likeness (QED) is 0.747. The lowest BCUT2D eigenvalue weighted by Gasteiger charge is -2.00. The summed E-state index contributed by atoms with van der Waals surface area (Å²) in [6.45, 7) is 4.43. The maximum Gasteiger partial charge on any atom is 0.0431 e. The van der Waals surface area contributed by atoms with E-state index < -0.39 is 0 Å². The first-order valence-electron chi connectivity index (χ1n) is 5.41. The van der Waals surface area contributed by atoms with Crippen LogP contribution in [-0.2, 0) is 0 Å². The zero-order valence-electron chi connectivity index (χ0n) is 9.46. The Kier molecular flexibility index (Phi) is 4.93. The van der Waals surface area contributed by atoms with Crippen LogP contribution in [0.5, 0.6) is 0 Å². The molecule has 1 rings (SSSR count). The number of aliphatic hydroxyl groups is 1. The third-order valence-electron chi connectivity index (χ3n) is 2.31. The molecule has 0 aliphatic heterocycles. The van der Waals surface area contributed by atoms with Crippen LogP contribution < -0.4 is 0 Å². The van der Waals surface area contributed by atoms with Gasteiger partial charge in [0.1, 0.15) is 0 Å². The molecule has 0 saturated carbocycles. The van der Waals surface area contributed by atoms with Crippen molar-refractivity contribution in [2.24, 2.45) is 5.92 Å². The molecule has 0 heterocycles. The molecule has 1 unspecified atom stereocenters. The van der Waals surface area contributed by atoms with Crippen LogP contribution in [0.3, 0.4) is 0 Å². The Morgan fingerprint density at radius 3 is 2.53 bits per heavy atom. The number of hydrogen-bond acceptors (Lipinski definition) is 1. The lowest BCUT2D eigenvalue weighted by Crippen LogP contribution is -1.92. The van der Waals surface area contributed by atoms with E-state index in [0.717, 1.165) is 18.4 Å². The van der Waals surface area contributed by atoms with Gasteiger partial charge in [0.25, 0.3) is 0 Å². The van der Waals surface area contributed by atoms with Gasteiger partial charge in [-0.2, -0.15) is 0 Å². The number of benzene rings is 1. The average Bonchev–Trinajstić information content (AvgIpc) is 2.25. The highest BCUT2D eigenvalue weighted by molar-refractivity contribution is 5.36. The molecule has 0 aliphatic rings. The molecule has 1 heteroatoms. The molecular formula is C14H18O. The normalized spacial score (nSPS) is 11.7. The van der Waals surface area contributed by atoms with Crippen LogP contribution >= 0.6 is 0 Å². The third-order valence-corrected chi connectivity index (χ3v) is 2.31. The van der Waals surface area contributed by atoms with Crippen molar-refractivity contribution < 1.29 is 5.11 Å². The van der Waals surface area contributed by atoms with Gasteiger partial charge in [0, 0.05) is 18.1 Å². The Morgan fingerprint density at radius 1 is 1.27 bits per heavy atom. The van der Waals surface area contributed by atoms with Gasteiger partial charge in [0.15, 0.2) is 0 Å². The fourth-order valence-corrected chi connectivity index (χ4v) is 1.31. The Balaban J connectivity index is 2.53. The van der Waals surface area contributed by atoms with E-state index in [4.69, 9.17) is 5.11 Å². The van der Waals surface area contributed by atoms with Crippen LogP contribution in [0.25, 0.3) is 0 Å². The van der Waals surface area contributed by atoms with Crippen molar-refractivity contribution in [2.75, 3.05) is 6.61 Å². The summed E-state index contributed by atoms with van der Waals surface area (Å²) in [6, 6.07) is 8.23. The van der Waals surface area contributed by atoms with Gasteiger partial charge >= 0.3 is 0 Å². The highest BCUT2D eigenvalue weighted by Gasteiger charge is 1.95. The van der Waals surface area contributed by atoms with Crippen molar-refractivity contribution >= 4 is 0 Å². The third kappa shape index (κ3) is 4.67. The molecule has 0 aromatic heterocycles. The molecule has 80 valence electrons. The molecule has 15 heavy (non-hydrogen) atoms. The van der Waals surface area contributed by atoms with Crippen LogP contribution in [-0.4, -0.2) is 11.7 Å². The summed E-state index contributed by atoms with van der Waals surface area (Å²) in [6.07, 6.45) is 1.80. The molecule has 0 fully saturated rings. The van der Waals surface area contributed by atoms with Gasteiger partial charge in [-0.1, -0.05) is 36.5 Å². The summed E-state index contributed by atoms with van der Waals surface area (Å²) in [5, 5.41) is 8.68. The SMILES string of the molecule is Cc1ccc(C#CC(C)CCCO)cc1. The Hall–Kier alpha value is -1.26. The van der Waals surface area contributed by atoms with E-state index in [1.165, 1.54) is 5.56 Å². The fraction of sp³-hybridized carbons (Fsp3) is 0.429. The first-order chi connectivity index (χ1) is 7.22. The van der Waals surface area contributed by atoms with E-state index in [2.05, 4.69) is 37.8 Å². The summed E-state index contributed by atoms with van der Waals surface area (Å²) < 4.78 is 0. The van der Waals surface area contributed by atoms with E-state index in [1.807, 2.05) is 12.1 Å². The minimum atomic E-state index is 0.260. The van der Waals surface area contributed by atoms with E-state index >= 15 is 0 Å². The van der Waals surface area contributed by atoms with E-state index in [1.54, 1.807) is 0 Å². The topological polar surface area (TPSA) is 20.2 Å². The second-order valence-electron chi connectivity index (χ2n) is 3.90. The van der Waals surface area contributed by atoms with Gasteiger partial charge in [0.05, 0.1) is 0 Å². The van der Waals surface area contributed by atoms with Crippen molar-refractivity contribution in [3.63, 3.8) is 0 Å². The second-order valence-corrected chi connectivity index (χ2v) is 3.90. The number of rotatable bonds is 3. The minimum absolute atomic E-state index is 0.260. The standard InChI is InChI=1S/C14H18O/c1-12(4-3-11-15)5-8-14-9-6-13(2)7-10-14/h6-7,9-10,12,15H,3-4,11H2,1-2H3. The lowest BCUT2D eigenvalue weighted by molar-refractivity contribution is 0.279. The second kappa shape index (κ2) is 6.27. The van der Waals surface area contributed by atoms with Crippen LogP contribution in [0, 0.1) is 24.7 Å². The monoisotopic (exact) mass is 202 g/mol. The summed E-state index contributed by atoms with van der Waals surface area (Å²) >= 11 is 0. The van der Waals surface area contributed by atoms with Gasteiger partial charge in [-0.15, -0.1) is 0 Å². The largest absolute Gasteiger partial charge is 0.396 e. The van der Waals surface area contributed by atoms with Crippen molar-refractivity contribution in [2.45, 2.75) is 26.7 Å². The molecule has 1 nitrogen and oxygen atoms in total. The maximum absolute atomic E-state index is 8.68. The highest BCUT2D eigenvalue weighted by atomic mass is 16.2. The smallest absolute Gasteiger partial charge is 0.0431 e. The number of aryl methyl sites for hydroxylation is 1. The molecule has 1 aromatic rings. The zero-order valence-corrected chi connectivity index (χ0v) is 9.46. The number of aliphatic hydroxyl groups excluding tert-OH is 1. The summed E-state index contributed by atoms with van der Waals surface area (Å²) in [5.41, 5.74) is 2.32. The van der Waals surface area contributed by atoms with Crippen LogP contribution in [0.4, 0.5) is 0 Å². The van der Waals surface area contributed by atoms with Gasteiger partial charge in [-0.05, 0) is 31.9 Å². The molecule has 1 aromatic carbocycles. The minimum Gasteiger partial charge on any atom is -0.396 e.